The standard InChI is InChI=1S/C15H13ClN2O3/c16-12-7-11(15(19)20)8-17-14(12)18-5-6-21-13-4-2-1-3-10(13)9-18/h1-4,7-8H,5-6,9H2,(H,19,20). The van der Waals surface area contributed by atoms with Crippen LogP contribution in [0.25, 0.3) is 0 Å². The van der Waals surface area contributed by atoms with Gasteiger partial charge >= 0.3 is 5.97 Å². The number of carboxylic acids is 1. The maximum Gasteiger partial charge on any atom is 0.337 e. The minimum absolute atomic E-state index is 0.0789. The molecular weight excluding hydrogens is 292 g/mol. The van der Waals surface area contributed by atoms with Crippen LogP contribution in [0, 0.1) is 0 Å². The Kier molecular flexibility index (Phi) is 3.66. The lowest BCUT2D eigenvalue weighted by Gasteiger charge is -2.22. The number of anilines is 1. The topological polar surface area (TPSA) is 62.7 Å². The molecule has 5 nitrogen and oxygen atoms in total. The zero-order valence-electron chi connectivity index (χ0n) is 11.1. The van der Waals surface area contributed by atoms with Gasteiger partial charge in [-0.05, 0) is 12.1 Å². The Labute approximate surface area is 126 Å². The highest BCUT2D eigenvalue weighted by Gasteiger charge is 2.19. The molecule has 0 atom stereocenters. The molecule has 3 rings (SSSR count). The Morgan fingerprint density at radius 2 is 2.19 bits per heavy atom. The van der Waals surface area contributed by atoms with E-state index in [9.17, 15) is 4.79 Å². The molecule has 21 heavy (non-hydrogen) atoms. The van der Waals surface area contributed by atoms with Crippen molar-refractivity contribution in [1.82, 2.24) is 4.98 Å². The number of nitrogens with zero attached hydrogens (tertiary/aromatic N) is 2. The first-order valence-electron chi connectivity index (χ1n) is 6.49. The SMILES string of the molecule is O=C(O)c1cnc(N2CCOc3ccccc3C2)c(Cl)c1. The summed E-state index contributed by atoms with van der Waals surface area (Å²) in [7, 11) is 0. The smallest absolute Gasteiger partial charge is 0.337 e. The lowest BCUT2D eigenvalue weighted by molar-refractivity contribution is 0.0696. The van der Waals surface area contributed by atoms with Crippen LogP contribution in [0.4, 0.5) is 5.82 Å². The Hall–Kier alpha value is -2.27. The molecule has 2 aromatic rings. The van der Waals surface area contributed by atoms with Gasteiger partial charge in [0.1, 0.15) is 18.2 Å². The van der Waals surface area contributed by atoms with Gasteiger partial charge in [0.15, 0.2) is 0 Å². The fourth-order valence-corrected chi connectivity index (χ4v) is 2.57. The number of benzene rings is 1. The number of pyridine rings is 1. The van der Waals surface area contributed by atoms with Crippen LogP contribution in [0.2, 0.25) is 5.02 Å². The van der Waals surface area contributed by atoms with E-state index in [4.69, 9.17) is 21.4 Å². The Bertz CT molecular complexity index is 690. The molecule has 108 valence electrons. The number of rotatable bonds is 2. The first kappa shape index (κ1) is 13.7. The van der Waals surface area contributed by atoms with Gasteiger partial charge in [0.2, 0.25) is 0 Å². The van der Waals surface area contributed by atoms with Gasteiger partial charge in [-0.1, -0.05) is 29.8 Å². The van der Waals surface area contributed by atoms with Crippen molar-refractivity contribution in [3.63, 3.8) is 0 Å². The van der Waals surface area contributed by atoms with Crippen molar-refractivity contribution in [3.8, 4) is 5.75 Å². The minimum Gasteiger partial charge on any atom is -0.491 e. The number of hydrogen-bond acceptors (Lipinski definition) is 4. The van der Waals surface area contributed by atoms with Crippen molar-refractivity contribution >= 4 is 23.4 Å². The van der Waals surface area contributed by atoms with Crippen molar-refractivity contribution < 1.29 is 14.6 Å². The van der Waals surface area contributed by atoms with E-state index in [-0.39, 0.29) is 5.56 Å². The lowest BCUT2D eigenvalue weighted by atomic mass is 10.2. The zero-order valence-corrected chi connectivity index (χ0v) is 11.9. The Morgan fingerprint density at radius 1 is 1.38 bits per heavy atom. The fourth-order valence-electron chi connectivity index (χ4n) is 2.29. The molecule has 0 bridgehead atoms. The Balaban J connectivity index is 1.92. The van der Waals surface area contributed by atoms with E-state index in [0.29, 0.717) is 30.5 Å². The van der Waals surface area contributed by atoms with Crippen LogP contribution in [-0.4, -0.2) is 29.2 Å². The molecule has 0 saturated heterocycles. The average Bonchev–Trinajstić information content (AvgIpc) is 2.69. The van der Waals surface area contributed by atoms with Gasteiger partial charge in [0, 0.05) is 18.3 Å². The summed E-state index contributed by atoms with van der Waals surface area (Å²) in [6.45, 7) is 1.78. The summed E-state index contributed by atoms with van der Waals surface area (Å²) in [5.41, 5.74) is 1.13. The van der Waals surface area contributed by atoms with E-state index in [1.54, 1.807) is 0 Å². The van der Waals surface area contributed by atoms with E-state index < -0.39 is 5.97 Å². The van der Waals surface area contributed by atoms with Gasteiger partial charge in [-0.15, -0.1) is 0 Å². The number of ether oxygens (including phenoxy) is 1. The second kappa shape index (κ2) is 5.61. The zero-order chi connectivity index (χ0) is 14.8. The van der Waals surface area contributed by atoms with Gasteiger partial charge in [-0.25, -0.2) is 9.78 Å². The largest absolute Gasteiger partial charge is 0.491 e. The molecular formula is C15H13ClN2O3. The summed E-state index contributed by atoms with van der Waals surface area (Å²) in [6.07, 6.45) is 1.32. The predicted molar refractivity (Wildman–Crippen MR) is 79.2 cm³/mol. The summed E-state index contributed by atoms with van der Waals surface area (Å²) < 4.78 is 5.70. The van der Waals surface area contributed by atoms with Crippen LogP contribution in [0.3, 0.4) is 0 Å². The van der Waals surface area contributed by atoms with Crippen molar-refractivity contribution in [2.75, 3.05) is 18.1 Å². The van der Waals surface area contributed by atoms with Crippen LogP contribution in [-0.2, 0) is 6.54 Å². The van der Waals surface area contributed by atoms with Gasteiger partial charge in [0.05, 0.1) is 17.1 Å². The van der Waals surface area contributed by atoms with E-state index in [1.165, 1.54) is 12.3 Å². The third kappa shape index (κ3) is 2.78. The molecule has 0 aliphatic carbocycles. The third-order valence-corrected chi connectivity index (χ3v) is 3.60. The molecule has 1 aliphatic rings. The first-order chi connectivity index (χ1) is 10.1. The maximum absolute atomic E-state index is 10.9. The summed E-state index contributed by atoms with van der Waals surface area (Å²) in [4.78, 5) is 17.1. The number of halogens is 1. The summed E-state index contributed by atoms with van der Waals surface area (Å²) in [5.74, 6) is 0.390. The third-order valence-electron chi connectivity index (χ3n) is 3.32. The highest BCUT2D eigenvalue weighted by atomic mass is 35.5. The first-order valence-corrected chi connectivity index (χ1v) is 6.87. The molecule has 0 spiro atoms. The predicted octanol–water partition coefficient (Wildman–Crippen LogP) is 2.83. The molecule has 0 unspecified atom stereocenters. The van der Waals surface area contributed by atoms with E-state index in [0.717, 1.165) is 11.3 Å². The van der Waals surface area contributed by atoms with E-state index >= 15 is 0 Å². The van der Waals surface area contributed by atoms with Crippen LogP contribution < -0.4 is 9.64 Å². The molecule has 1 N–H and O–H groups in total. The fraction of sp³-hybridized carbons (Fsp3) is 0.200. The summed E-state index contributed by atoms with van der Waals surface area (Å²) in [5, 5.41) is 9.28. The van der Waals surface area contributed by atoms with E-state index in [2.05, 4.69) is 4.98 Å². The molecule has 0 radical (unpaired) electrons. The molecule has 1 aromatic carbocycles. The second-order valence-corrected chi connectivity index (χ2v) is 5.12. The van der Waals surface area contributed by atoms with Crippen LogP contribution in [0.15, 0.2) is 36.5 Å². The molecule has 0 fully saturated rings. The number of para-hydroxylation sites is 1. The molecule has 2 heterocycles. The van der Waals surface area contributed by atoms with E-state index in [1.807, 2.05) is 29.2 Å². The van der Waals surface area contributed by atoms with Crippen LogP contribution >= 0.6 is 11.6 Å². The van der Waals surface area contributed by atoms with Crippen LogP contribution in [0.1, 0.15) is 15.9 Å². The number of aromatic carboxylic acids is 1. The average molecular weight is 305 g/mol. The van der Waals surface area contributed by atoms with Gasteiger partial charge < -0.3 is 14.7 Å². The van der Waals surface area contributed by atoms with Crippen molar-refractivity contribution in [2.24, 2.45) is 0 Å². The number of fused-ring (bicyclic) bond motifs is 1. The monoisotopic (exact) mass is 304 g/mol. The van der Waals surface area contributed by atoms with Gasteiger partial charge in [-0.3, -0.25) is 0 Å². The minimum atomic E-state index is -1.04. The number of hydrogen-bond donors (Lipinski definition) is 1. The highest BCUT2D eigenvalue weighted by Crippen LogP contribution is 2.29. The molecule has 6 heteroatoms. The molecule has 1 aromatic heterocycles. The van der Waals surface area contributed by atoms with Gasteiger partial charge in [-0.2, -0.15) is 0 Å². The lowest BCUT2D eigenvalue weighted by Crippen LogP contribution is -2.26. The summed E-state index contributed by atoms with van der Waals surface area (Å²) >= 11 is 6.18. The van der Waals surface area contributed by atoms with Crippen molar-refractivity contribution in [3.05, 3.63) is 52.7 Å². The van der Waals surface area contributed by atoms with Crippen molar-refractivity contribution in [2.45, 2.75) is 6.54 Å². The number of carbonyl (C=O) groups is 1. The van der Waals surface area contributed by atoms with Gasteiger partial charge in [0.25, 0.3) is 0 Å². The highest BCUT2D eigenvalue weighted by molar-refractivity contribution is 6.33. The molecule has 1 aliphatic heterocycles. The number of carboxylic acid groups (broad SMARTS) is 1. The maximum atomic E-state index is 10.9. The molecule has 0 amide bonds. The normalized spacial score (nSPS) is 14.0. The second-order valence-electron chi connectivity index (χ2n) is 4.71. The van der Waals surface area contributed by atoms with Crippen molar-refractivity contribution in [1.29, 1.82) is 0 Å². The molecule has 0 saturated carbocycles. The number of aromatic nitrogens is 1. The quantitative estimate of drug-likeness (QED) is 0.924. The van der Waals surface area contributed by atoms with Crippen LogP contribution in [0.5, 0.6) is 5.75 Å². The Morgan fingerprint density at radius 3 is 2.95 bits per heavy atom. The summed E-state index contributed by atoms with van der Waals surface area (Å²) in [6, 6.07) is 9.23.